The topological polar surface area (TPSA) is 164 Å². The maximum absolute atomic E-state index is 12.0. The fraction of sp³-hybridized carbons (Fsp3) is 0.158. The first-order chi connectivity index (χ1) is 14.3. The number of sulfonamides is 1. The Labute approximate surface area is 171 Å². The second kappa shape index (κ2) is 8.84. The van der Waals surface area contributed by atoms with Crippen LogP contribution in [0.4, 0.5) is 0 Å². The predicted molar refractivity (Wildman–Crippen MR) is 109 cm³/mol. The molecule has 11 heteroatoms. The van der Waals surface area contributed by atoms with Crippen molar-refractivity contribution in [2.24, 2.45) is 5.14 Å². The Balaban J connectivity index is 1.52. The number of primary sulfonamides is 1. The average Bonchev–Trinajstić information content (AvgIpc) is 2.73. The van der Waals surface area contributed by atoms with E-state index in [0.29, 0.717) is 22.9 Å². The summed E-state index contributed by atoms with van der Waals surface area (Å²) in [6.45, 7) is 0.152. The number of H-pyrrole nitrogens is 1. The molecule has 2 aromatic carbocycles. The van der Waals surface area contributed by atoms with Crippen molar-refractivity contribution in [2.45, 2.75) is 17.9 Å². The van der Waals surface area contributed by atoms with Crippen LogP contribution >= 0.6 is 0 Å². The van der Waals surface area contributed by atoms with Gasteiger partial charge in [0.2, 0.25) is 10.0 Å². The van der Waals surface area contributed by atoms with Crippen molar-refractivity contribution in [3.63, 3.8) is 0 Å². The van der Waals surface area contributed by atoms with Gasteiger partial charge < -0.3 is 10.6 Å². The Morgan fingerprint density at radius 2 is 1.60 bits per heavy atom. The number of carbonyl (C=O) groups is 2. The number of hydrogen-bond donors (Lipinski definition) is 4. The largest absolute Gasteiger partial charge is 0.348 e. The van der Waals surface area contributed by atoms with Gasteiger partial charge in [0.15, 0.2) is 0 Å². The highest BCUT2D eigenvalue weighted by Crippen LogP contribution is 2.12. The molecule has 0 unspecified atom stereocenters. The van der Waals surface area contributed by atoms with Crippen LogP contribution in [0.15, 0.2) is 58.2 Å². The number of benzene rings is 2. The lowest BCUT2D eigenvalue weighted by Crippen LogP contribution is -2.40. The number of nitrogens with one attached hydrogen (secondary N) is 3. The maximum Gasteiger partial charge on any atom is 0.309 e. The number of amides is 2. The van der Waals surface area contributed by atoms with Gasteiger partial charge in [-0.1, -0.05) is 30.3 Å². The van der Waals surface area contributed by atoms with Gasteiger partial charge in [-0.15, -0.1) is 0 Å². The fourth-order valence-corrected chi connectivity index (χ4v) is 3.31. The van der Waals surface area contributed by atoms with E-state index in [2.05, 4.69) is 20.8 Å². The van der Waals surface area contributed by atoms with Crippen LogP contribution in [0, 0.1) is 0 Å². The molecule has 0 radical (unpaired) electrons. The molecular weight excluding hydrogens is 410 g/mol. The molecule has 0 aliphatic heterocycles. The molecule has 0 aliphatic rings. The smallest absolute Gasteiger partial charge is 0.309 e. The number of carbonyl (C=O) groups excluding carboxylic acids is 2. The minimum atomic E-state index is -3.76. The molecule has 5 N–H and O–H groups in total. The Morgan fingerprint density at radius 1 is 0.967 bits per heavy atom. The second-order valence-corrected chi connectivity index (χ2v) is 7.98. The summed E-state index contributed by atoms with van der Waals surface area (Å²) in [4.78, 5) is 35.7. The van der Waals surface area contributed by atoms with Gasteiger partial charge >= 0.3 is 11.8 Å². The highest BCUT2D eigenvalue weighted by atomic mass is 32.2. The molecule has 156 valence electrons. The van der Waals surface area contributed by atoms with Gasteiger partial charge in [-0.25, -0.2) is 18.7 Å². The summed E-state index contributed by atoms with van der Waals surface area (Å²) in [5, 5.41) is 17.3. The van der Waals surface area contributed by atoms with Crippen LogP contribution in [-0.2, 0) is 32.6 Å². The lowest BCUT2D eigenvalue weighted by molar-refractivity contribution is -0.139. The van der Waals surface area contributed by atoms with E-state index < -0.39 is 21.8 Å². The summed E-state index contributed by atoms with van der Waals surface area (Å²) in [5.74, 6) is -1.65. The van der Waals surface area contributed by atoms with Crippen molar-refractivity contribution in [2.75, 3.05) is 6.54 Å². The van der Waals surface area contributed by atoms with Crippen LogP contribution in [0.1, 0.15) is 11.3 Å². The fourth-order valence-electron chi connectivity index (χ4n) is 2.80. The molecule has 0 bridgehead atoms. The van der Waals surface area contributed by atoms with Crippen LogP contribution in [0.5, 0.6) is 0 Å². The van der Waals surface area contributed by atoms with Gasteiger partial charge in [0.05, 0.1) is 22.5 Å². The predicted octanol–water partition coefficient (Wildman–Crippen LogP) is -0.454. The van der Waals surface area contributed by atoms with Crippen LogP contribution in [0.25, 0.3) is 10.8 Å². The summed E-state index contributed by atoms with van der Waals surface area (Å²) < 4.78 is 22.5. The lowest BCUT2D eigenvalue weighted by atomic mass is 10.1. The van der Waals surface area contributed by atoms with Crippen LogP contribution in [0.2, 0.25) is 0 Å². The molecule has 0 saturated heterocycles. The van der Waals surface area contributed by atoms with E-state index in [1.807, 2.05) is 0 Å². The normalized spacial score (nSPS) is 11.2. The molecule has 2 amide bonds. The molecule has 1 heterocycles. The van der Waals surface area contributed by atoms with Crippen molar-refractivity contribution in [3.8, 4) is 0 Å². The average molecular weight is 429 g/mol. The molecule has 0 spiro atoms. The van der Waals surface area contributed by atoms with E-state index in [0.717, 1.165) is 5.56 Å². The van der Waals surface area contributed by atoms with Gasteiger partial charge in [-0.3, -0.25) is 14.4 Å². The first-order valence-corrected chi connectivity index (χ1v) is 10.4. The lowest BCUT2D eigenvalue weighted by Gasteiger charge is -2.08. The number of fused-ring (bicyclic) bond motifs is 1. The summed E-state index contributed by atoms with van der Waals surface area (Å²) in [6.07, 6.45) is 0.399. The summed E-state index contributed by atoms with van der Waals surface area (Å²) >= 11 is 0. The monoisotopic (exact) mass is 429 g/mol. The van der Waals surface area contributed by atoms with Crippen LogP contribution in [-0.4, -0.2) is 37.0 Å². The summed E-state index contributed by atoms with van der Waals surface area (Å²) in [5.41, 5.74) is 0.865. The molecule has 3 aromatic rings. The minimum absolute atomic E-state index is 0.00180. The third-order valence-corrected chi connectivity index (χ3v) is 5.28. The van der Waals surface area contributed by atoms with Gasteiger partial charge in [-0.05, 0) is 30.2 Å². The third-order valence-electron chi connectivity index (χ3n) is 4.35. The SMILES string of the molecule is NS(=O)(=O)c1ccc(CCNC(=O)C(=O)NCc2n[nH]c(=O)c3ccccc23)cc1. The molecule has 0 atom stereocenters. The third kappa shape index (κ3) is 5.07. The molecule has 0 fully saturated rings. The van der Waals surface area contributed by atoms with Gasteiger partial charge in [-0.2, -0.15) is 5.10 Å². The maximum atomic E-state index is 12.0. The van der Waals surface area contributed by atoms with Gasteiger partial charge in [0.1, 0.15) is 0 Å². The Bertz CT molecular complexity index is 1250. The Hall–Kier alpha value is -3.57. The highest BCUT2D eigenvalue weighted by molar-refractivity contribution is 7.89. The molecule has 0 aliphatic carbocycles. The molecule has 10 nitrogen and oxygen atoms in total. The molecule has 1 aromatic heterocycles. The van der Waals surface area contributed by atoms with E-state index in [1.165, 1.54) is 12.1 Å². The van der Waals surface area contributed by atoms with Crippen LogP contribution < -0.4 is 21.3 Å². The number of aromatic amines is 1. The van der Waals surface area contributed by atoms with Crippen LogP contribution in [0.3, 0.4) is 0 Å². The Kier molecular flexibility index (Phi) is 6.23. The van der Waals surface area contributed by atoms with Crippen molar-refractivity contribution < 1.29 is 18.0 Å². The van der Waals surface area contributed by atoms with E-state index >= 15 is 0 Å². The first-order valence-electron chi connectivity index (χ1n) is 8.90. The molecule has 30 heavy (non-hydrogen) atoms. The number of nitrogens with two attached hydrogens (primary N) is 1. The van der Waals surface area contributed by atoms with E-state index in [1.54, 1.807) is 36.4 Å². The Morgan fingerprint density at radius 3 is 2.27 bits per heavy atom. The zero-order valence-corrected chi connectivity index (χ0v) is 16.5. The number of aromatic nitrogens is 2. The second-order valence-electron chi connectivity index (χ2n) is 6.42. The highest BCUT2D eigenvalue weighted by Gasteiger charge is 2.14. The molecular formula is C19H19N5O5S. The number of nitrogens with zero attached hydrogens (tertiary/aromatic N) is 1. The first kappa shape index (κ1) is 21.1. The molecule has 0 saturated carbocycles. The van der Waals surface area contributed by atoms with Crippen molar-refractivity contribution in [3.05, 3.63) is 70.1 Å². The van der Waals surface area contributed by atoms with Crippen molar-refractivity contribution in [1.82, 2.24) is 20.8 Å². The zero-order chi connectivity index (χ0) is 21.7. The minimum Gasteiger partial charge on any atom is -0.348 e. The summed E-state index contributed by atoms with van der Waals surface area (Å²) in [7, 11) is -3.76. The quantitative estimate of drug-likeness (QED) is 0.387. The van der Waals surface area contributed by atoms with Crippen molar-refractivity contribution in [1.29, 1.82) is 0 Å². The summed E-state index contributed by atoms with van der Waals surface area (Å²) in [6, 6.07) is 12.7. The standard InChI is InChI=1S/C19H19N5O5S/c20-30(28,29)13-7-5-12(6-8-13)9-10-21-18(26)19(27)22-11-16-14-3-1-2-4-15(14)17(25)24-23-16/h1-8H,9-11H2,(H,21,26)(H,22,27)(H,24,25)(H2,20,28,29). The van der Waals surface area contributed by atoms with E-state index in [4.69, 9.17) is 5.14 Å². The number of hydrogen-bond acceptors (Lipinski definition) is 6. The van der Waals surface area contributed by atoms with Gasteiger partial charge in [0, 0.05) is 11.9 Å². The zero-order valence-electron chi connectivity index (χ0n) is 15.7. The number of rotatable bonds is 6. The van der Waals surface area contributed by atoms with Crippen molar-refractivity contribution >= 4 is 32.6 Å². The molecule has 3 rings (SSSR count). The van der Waals surface area contributed by atoms with E-state index in [-0.39, 0.29) is 23.5 Å². The van der Waals surface area contributed by atoms with E-state index in [9.17, 15) is 22.8 Å². The van der Waals surface area contributed by atoms with Gasteiger partial charge in [0.25, 0.3) is 5.56 Å².